The molecule has 3 aromatic rings. The van der Waals surface area contributed by atoms with Crippen LogP contribution in [0.2, 0.25) is 0 Å². The minimum Gasteiger partial charge on any atom is -0.371 e. The van der Waals surface area contributed by atoms with E-state index in [1.807, 2.05) is 19.1 Å². The van der Waals surface area contributed by atoms with Crippen LogP contribution in [-0.2, 0) is 19.5 Å². The van der Waals surface area contributed by atoms with Crippen molar-refractivity contribution in [1.82, 2.24) is 14.9 Å². The van der Waals surface area contributed by atoms with Gasteiger partial charge < -0.3 is 10.2 Å². The van der Waals surface area contributed by atoms with Crippen LogP contribution in [0.4, 0.5) is 5.69 Å². The lowest BCUT2D eigenvalue weighted by Crippen LogP contribution is -2.25. The number of nitrogens with zero attached hydrogens (tertiary/aromatic N) is 3. The Morgan fingerprint density at radius 2 is 1.97 bits per heavy atom. The quantitative estimate of drug-likeness (QED) is 0.720. The number of fused-ring (bicyclic) bond motifs is 2. The molecular formula is C22H24N4O2S. The van der Waals surface area contributed by atoms with Gasteiger partial charge in [-0.2, -0.15) is 0 Å². The van der Waals surface area contributed by atoms with E-state index in [1.165, 1.54) is 29.9 Å². The number of benzene rings is 1. The van der Waals surface area contributed by atoms with E-state index in [0.717, 1.165) is 49.4 Å². The first kappa shape index (κ1) is 18.4. The van der Waals surface area contributed by atoms with Crippen LogP contribution in [0.25, 0.3) is 10.2 Å². The highest BCUT2D eigenvalue weighted by Crippen LogP contribution is 2.29. The van der Waals surface area contributed by atoms with E-state index in [2.05, 4.69) is 27.3 Å². The third-order valence-electron chi connectivity index (χ3n) is 6.00. The Labute approximate surface area is 173 Å². The predicted molar refractivity (Wildman–Crippen MR) is 116 cm³/mol. The van der Waals surface area contributed by atoms with E-state index in [-0.39, 0.29) is 11.5 Å². The van der Waals surface area contributed by atoms with Crippen LogP contribution in [-0.4, -0.2) is 28.5 Å². The first-order valence-electron chi connectivity index (χ1n) is 10.3. The molecule has 2 aliphatic heterocycles. The number of hydrogen-bond acceptors (Lipinski definition) is 5. The van der Waals surface area contributed by atoms with Crippen LogP contribution in [0.15, 0.2) is 29.1 Å². The number of anilines is 1. The number of carbonyl (C=O) groups is 1. The van der Waals surface area contributed by atoms with Gasteiger partial charge in [-0.3, -0.25) is 14.2 Å². The Kier molecular flexibility index (Phi) is 4.62. The minimum atomic E-state index is -0.133. The maximum atomic E-state index is 13.0. The van der Waals surface area contributed by atoms with E-state index in [0.29, 0.717) is 21.6 Å². The molecule has 5 rings (SSSR count). The molecule has 0 saturated carbocycles. The molecule has 4 heterocycles. The van der Waals surface area contributed by atoms with Crippen LogP contribution in [0.3, 0.4) is 0 Å². The number of amides is 1. The van der Waals surface area contributed by atoms with Gasteiger partial charge in [-0.25, -0.2) is 4.98 Å². The lowest BCUT2D eigenvalue weighted by atomic mass is 10.1. The summed E-state index contributed by atoms with van der Waals surface area (Å²) in [6.45, 7) is 5.20. The Hall–Kier alpha value is -2.67. The van der Waals surface area contributed by atoms with Gasteiger partial charge in [-0.1, -0.05) is 18.2 Å². The smallest absolute Gasteiger partial charge is 0.262 e. The van der Waals surface area contributed by atoms with Crippen LogP contribution >= 0.6 is 11.3 Å². The highest BCUT2D eigenvalue weighted by atomic mass is 32.1. The fourth-order valence-electron chi connectivity index (χ4n) is 4.47. The van der Waals surface area contributed by atoms with Crippen molar-refractivity contribution in [3.05, 3.63) is 56.4 Å². The highest BCUT2D eigenvalue weighted by Gasteiger charge is 2.23. The van der Waals surface area contributed by atoms with E-state index in [1.54, 1.807) is 4.57 Å². The van der Waals surface area contributed by atoms with Gasteiger partial charge in [0.1, 0.15) is 10.7 Å². The molecule has 29 heavy (non-hydrogen) atoms. The summed E-state index contributed by atoms with van der Waals surface area (Å²) in [5, 5.41) is 3.67. The van der Waals surface area contributed by atoms with Crippen molar-refractivity contribution in [2.24, 2.45) is 0 Å². The lowest BCUT2D eigenvalue weighted by Gasteiger charge is -2.21. The summed E-state index contributed by atoms with van der Waals surface area (Å²) < 4.78 is 1.76. The summed E-state index contributed by atoms with van der Waals surface area (Å²) in [5.41, 5.74) is 3.07. The highest BCUT2D eigenvalue weighted by molar-refractivity contribution is 7.20. The van der Waals surface area contributed by atoms with Crippen LogP contribution in [0.5, 0.6) is 0 Å². The van der Waals surface area contributed by atoms with Gasteiger partial charge in [-0.05, 0) is 43.4 Å². The molecule has 1 aromatic carbocycles. The van der Waals surface area contributed by atoms with Crippen LogP contribution in [0.1, 0.15) is 45.9 Å². The molecular weight excluding hydrogens is 384 g/mol. The maximum absolute atomic E-state index is 13.0. The van der Waals surface area contributed by atoms with Gasteiger partial charge in [0.25, 0.3) is 11.5 Å². The molecule has 1 N–H and O–H groups in total. The van der Waals surface area contributed by atoms with Gasteiger partial charge in [0.15, 0.2) is 0 Å². The molecule has 150 valence electrons. The number of thiophene rings is 1. The van der Waals surface area contributed by atoms with Crippen molar-refractivity contribution >= 4 is 33.1 Å². The van der Waals surface area contributed by atoms with Crippen molar-refractivity contribution in [1.29, 1.82) is 0 Å². The number of rotatable bonds is 4. The Bertz CT molecular complexity index is 1160. The van der Waals surface area contributed by atoms with Gasteiger partial charge >= 0.3 is 0 Å². The minimum absolute atomic E-state index is 0.00493. The number of aromatic nitrogens is 2. The second kappa shape index (κ2) is 7.30. The van der Waals surface area contributed by atoms with Crippen molar-refractivity contribution in [3.8, 4) is 0 Å². The zero-order chi connectivity index (χ0) is 20.0. The molecule has 0 aliphatic carbocycles. The van der Waals surface area contributed by atoms with Crippen molar-refractivity contribution in [3.63, 3.8) is 0 Å². The monoisotopic (exact) mass is 408 g/mol. The third kappa shape index (κ3) is 3.13. The zero-order valence-corrected chi connectivity index (χ0v) is 17.3. The normalized spacial score (nSPS) is 15.8. The molecule has 2 aliphatic rings. The van der Waals surface area contributed by atoms with Crippen LogP contribution < -0.4 is 15.8 Å². The number of para-hydroxylation sites is 1. The maximum Gasteiger partial charge on any atom is 0.262 e. The van der Waals surface area contributed by atoms with E-state index in [9.17, 15) is 9.59 Å². The summed E-state index contributed by atoms with van der Waals surface area (Å²) in [7, 11) is 0. The Morgan fingerprint density at radius 1 is 1.17 bits per heavy atom. The number of hydrogen-bond donors (Lipinski definition) is 1. The summed E-state index contributed by atoms with van der Waals surface area (Å²) >= 11 is 1.33. The van der Waals surface area contributed by atoms with E-state index < -0.39 is 0 Å². The molecule has 7 heteroatoms. The number of carbonyl (C=O) groups excluding carboxylic acids is 1. The summed E-state index contributed by atoms with van der Waals surface area (Å²) in [5.74, 6) is 0.710. The molecule has 0 radical (unpaired) electrons. The fraction of sp³-hybridized carbons (Fsp3) is 0.409. The molecule has 1 saturated heterocycles. The van der Waals surface area contributed by atoms with Gasteiger partial charge in [0.05, 0.1) is 10.3 Å². The van der Waals surface area contributed by atoms with Gasteiger partial charge in [-0.15, -0.1) is 11.3 Å². The second-order valence-corrected chi connectivity index (χ2v) is 8.83. The molecule has 1 fully saturated rings. The predicted octanol–water partition coefficient (Wildman–Crippen LogP) is 3.24. The van der Waals surface area contributed by atoms with Crippen LogP contribution in [0, 0.1) is 6.92 Å². The number of nitrogens with one attached hydrogen (secondary N) is 1. The average molecular weight is 409 g/mol. The summed E-state index contributed by atoms with van der Waals surface area (Å²) in [4.78, 5) is 34.1. The summed E-state index contributed by atoms with van der Waals surface area (Å²) in [6, 6.07) is 8.26. The molecule has 2 aromatic heterocycles. The number of aryl methyl sites for hydroxylation is 2. The molecule has 1 amide bonds. The molecule has 0 bridgehead atoms. The Balaban J connectivity index is 1.41. The topological polar surface area (TPSA) is 67.2 Å². The largest absolute Gasteiger partial charge is 0.371 e. The SMILES string of the molecule is Cc1c(C(=O)NCc2ccccc2N2CCCC2)sc2nc3n(c(=O)c12)CCC3. The van der Waals surface area contributed by atoms with Crippen molar-refractivity contribution in [2.45, 2.75) is 45.7 Å². The molecule has 0 unspecified atom stereocenters. The van der Waals surface area contributed by atoms with Gasteiger partial charge in [0, 0.05) is 38.3 Å². The van der Waals surface area contributed by atoms with E-state index in [4.69, 9.17) is 0 Å². The van der Waals surface area contributed by atoms with Crippen molar-refractivity contribution < 1.29 is 4.79 Å². The first-order valence-corrected chi connectivity index (χ1v) is 11.1. The van der Waals surface area contributed by atoms with Crippen molar-refractivity contribution in [2.75, 3.05) is 18.0 Å². The van der Waals surface area contributed by atoms with E-state index >= 15 is 0 Å². The van der Waals surface area contributed by atoms with Gasteiger partial charge in [0.2, 0.25) is 0 Å². The average Bonchev–Trinajstić information content (AvgIpc) is 3.47. The Morgan fingerprint density at radius 3 is 2.79 bits per heavy atom. The third-order valence-corrected chi connectivity index (χ3v) is 7.18. The molecule has 0 atom stereocenters. The summed E-state index contributed by atoms with van der Waals surface area (Å²) in [6.07, 6.45) is 4.22. The fourth-order valence-corrected chi connectivity index (χ4v) is 5.58. The lowest BCUT2D eigenvalue weighted by molar-refractivity contribution is 0.0954. The standard InChI is InChI=1S/C22H24N4O2S/c1-14-18-21(24-17-9-6-12-26(17)22(18)28)29-19(14)20(27)23-13-15-7-2-3-8-16(15)25-10-4-5-11-25/h2-3,7-8H,4-6,9-13H2,1H3,(H,23,27). The molecule has 0 spiro atoms. The first-order chi connectivity index (χ1) is 14.1. The second-order valence-electron chi connectivity index (χ2n) is 7.83. The molecule has 6 nitrogen and oxygen atoms in total. The zero-order valence-electron chi connectivity index (χ0n) is 16.5.